The molecule has 0 radical (unpaired) electrons. The van der Waals surface area contributed by atoms with Crippen LogP contribution in [0.2, 0.25) is 0 Å². The van der Waals surface area contributed by atoms with Crippen molar-refractivity contribution in [2.24, 2.45) is 0 Å². The summed E-state index contributed by atoms with van der Waals surface area (Å²) in [5.74, 6) is -1.70. The summed E-state index contributed by atoms with van der Waals surface area (Å²) in [7, 11) is 0. The lowest BCUT2D eigenvalue weighted by molar-refractivity contribution is -0.153. The second-order valence-corrected chi connectivity index (χ2v) is 2.55. The van der Waals surface area contributed by atoms with E-state index in [4.69, 9.17) is 5.11 Å². The van der Waals surface area contributed by atoms with Crippen LogP contribution in [0.5, 0.6) is 11.5 Å². The molecule has 0 heterocycles. The van der Waals surface area contributed by atoms with Gasteiger partial charge in [0.25, 0.3) is 0 Å². The fourth-order valence-corrected chi connectivity index (χ4v) is 0.796. The van der Waals surface area contributed by atoms with Crippen LogP contribution in [0.3, 0.4) is 0 Å². The Balaban J connectivity index is 2.68. The largest absolute Gasteiger partial charge is 0.508 e. The molecule has 6 heteroatoms. The molecule has 0 saturated heterocycles. The summed E-state index contributed by atoms with van der Waals surface area (Å²) in [6.07, 6.45) is -4.48. The van der Waals surface area contributed by atoms with Gasteiger partial charge in [-0.3, -0.25) is 0 Å². The SMILES string of the molecule is Oc1cc(F)cc(OCC(F)(F)F)c1. The summed E-state index contributed by atoms with van der Waals surface area (Å²) in [5, 5.41) is 8.82. The van der Waals surface area contributed by atoms with Gasteiger partial charge in [0.15, 0.2) is 6.61 Å². The topological polar surface area (TPSA) is 29.5 Å². The van der Waals surface area contributed by atoms with Gasteiger partial charge in [0, 0.05) is 18.2 Å². The van der Waals surface area contributed by atoms with Crippen LogP contribution in [-0.4, -0.2) is 17.9 Å². The maximum Gasteiger partial charge on any atom is 0.422 e. The van der Waals surface area contributed by atoms with E-state index in [9.17, 15) is 17.6 Å². The molecule has 78 valence electrons. The van der Waals surface area contributed by atoms with E-state index in [0.29, 0.717) is 0 Å². The van der Waals surface area contributed by atoms with Crippen molar-refractivity contribution in [2.75, 3.05) is 6.61 Å². The standard InChI is InChI=1S/C8H6F4O2/c9-5-1-6(13)3-7(2-5)14-4-8(10,11)12/h1-3,13H,4H2. The Kier molecular flexibility index (Phi) is 2.83. The molecular weight excluding hydrogens is 204 g/mol. The Hall–Kier alpha value is -1.46. The van der Waals surface area contributed by atoms with Crippen LogP contribution in [0.4, 0.5) is 17.6 Å². The van der Waals surface area contributed by atoms with Crippen molar-refractivity contribution in [3.8, 4) is 11.5 Å². The molecule has 14 heavy (non-hydrogen) atoms. The number of alkyl halides is 3. The smallest absolute Gasteiger partial charge is 0.422 e. The molecule has 0 aliphatic heterocycles. The van der Waals surface area contributed by atoms with Gasteiger partial charge >= 0.3 is 6.18 Å². The van der Waals surface area contributed by atoms with Gasteiger partial charge in [0.2, 0.25) is 0 Å². The zero-order valence-corrected chi connectivity index (χ0v) is 6.81. The number of phenols is 1. The van der Waals surface area contributed by atoms with Crippen molar-refractivity contribution >= 4 is 0 Å². The van der Waals surface area contributed by atoms with Crippen LogP contribution in [0.15, 0.2) is 18.2 Å². The number of halogens is 4. The van der Waals surface area contributed by atoms with E-state index >= 15 is 0 Å². The van der Waals surface area contributed by atoms with Gasteiger partial charge < -0.3 is 9.84 Å². The highest BCUT2D eigenvalue weighted by molar-refractivity contribution is 5.32. The highest BCUT2D eigenvalue weighted by Gasteiger charge is 2.28. The van der Waals surface area contributed by atoms with E-state index in [2.05, 4.69) is 4.74 Å². The lowest BCUT2D eigenvalue weighted by Crippen LogP contribution is -2.19. The fraction of sp³-hybridized carbons (Fsp3) is 0.250. The monoisotopic (exact) mass is 210 g/mol. The predicted octanol–water partition coefficient (Wildman–Crippen LogP) is 2.47. The molecule has 0 saturated carbocycles. The average molecular weight is 210 g/mol. The Bertz CT molecular complexity index is 301. The van der Waals surface area contributed by atoms with Gasteiger partial charge in [-0.05, 0) is 0 Å². The molecule has 1 rings (SSSR count). The van der Waals surface area contributed by atoms with Crippen molar-refractivity contribution in [2.45, 2.75) is 6.18 Å². The Morgan fingerprint density at radius 3 is 2.36 bits per heavy atom. The molecule has 0 atom stereocenters. The van der Waals surface area contributed by atoms with Crippen molar-refractivity contribution in [3.05, 3.63) is 24.0 Å². The number of hydrogen-bond donors (Lipinski definition) is 1. The van der Waals surface area contributed by atoms with Crippen molar-refractivity contribution < 1.29 is 27.4 Å². The molecule has 2 nitrogen and oxygen atoms in total. The minimum atomic E-state index is -4.48. The van der Waals surface area contributed by atoms with Crippen LogP contribution in [0, 0.1) is 5.82 Å². The first-order valence-corrected chi connectivity index (χ1v) is 3.56. The summed E-state index contributed by atoms with van der Waals surface area (Å²) < 4.78 is 51.7. The molecule has 0 amide bonds. The molecule has 0 fully saturated rings. The quantitative estimate of drug-likeness (QED) is 0.760. The molecule has 1 N–H and O–H groups in total. The summed E-state index contributed by atoms with van der Waals surface area (Å²) in [5.41, 5.74) is 0. The first-order chi connectivity index (χ1) is 6.37. The maximum absolute atomic E-state index is 12.5. The minimum absolute atomic E-state index is 0.361. The molecule has 0 aromatic heterocycles. The molecule has 0 aliphatic rings. The summed E-state index contributed by atoms with van der Waals surface area (Å²) in [6.45, 7) is -1.52. The predicted molar refractivity (Wildman–Crippen MR) is 39.6 cm³/mol. The van der Waals surface area contributed by atoms with Crippen molar-refractivity contribution in [3.63, 3.8) is 0 Å². The number of aromatic hydroxyl groups is 1. The Morgan fingerprint density at radius 1 is 1.21 bits per heavy atom. The number of ether oxygens (including phenoxy) is 1. The Labute approximate surface area is 76.7 Å². The molecule has 0 aliphatic carbocycles. The van der Waals surface area contributed by atoms with E-state index in [1.165, 1.54) is 0 Å². The van der Waals surface area contributed by atoms with E-state index in [-0.39, 0.29) is 5.75 Å². The minimum Gasteiger partial charge on any atom is -0.508 e. The summed E-state index contributed by atoms with van der Waals surface area (Å²) >= 11 is 0. The fourth-order valence-electron chi connectivity index (χ4n) is 0.796. The molecular formula is C8H6F4O2. The van der Waals surface area contributed by atoms with Crippen LogP contribution < -0.4 is 4.74 Å². The Morgan fingerprint density at radius 2 is 1.86 bits per heavy atom. The molecule has 0 unspecified atom stereocenters. The summed E-state index contributed by atoms with van der Waals surface area (Å²) in [4.78, 5) is 0. The number of phenolic OH excluding ortho intramolecular Hbond substituents is 1. The number of rotatable bonds is 2. The highest BCUT2D eigenvalue weighted by atomic mass is 19.4. The zero-order chi connectivity index (χ0) is 10.8. The first-order valence-electron chi connectivity index (χ1n) is 3.56. The number of benzene rings is 1. The number of hydrogen-bond acceptors (Lipinski definition) is 2. The third-order valence-corrected chi connectivity index (χ3v) is 1.26. The average Bonchev–Trinajstić information content (AvgIpc) is 1.97. The van der Waals surface area contributed by atoms with E-state index in [1.54, 1.807) is 0 Å². The second-order valence-electron chi connectivity index (χ2n) is 2.55. The van der Waals surface area contributed by atoms with Crippen molar-refractivity contribution in [1.82, 2.24) is 0 Å². The summed E-state index contributed by atoms with van der Waals surface area (Å²) in [6, 6.07) is 2.42. The molecule has 1 aromatic carbocycles. The van der Waals surface area contributed by atoms with Gasteiger partial charge in [-0.2, -0.15) is 13.2 Å². The van der Waals surface area contributed by atoms with Gasteiger partial charge in [-0.15, -0.1) is 0 Å². The second kappa shape index (κ2) is 3.73. The van der Waals surface area contributed by atoms with Gasteiger partial charge in [-0.25, -0.2) is 4.39 Å². The first kappa shape index (κ1) is 10.6. The lowest BCUT2D eigenvalue weighted by atomic mass is 10.3. The van der Waals surface area contributed by atoms with Gasteiger partial charge in [0.05, 0.1) is 0 Å². The van der Waals surface area contributed by atoms with Crippen LogP contribution in [0.25, 0.3) is 0 Å². The van der Waals surface area contributed by atoms with E-state index < -0.39 is 24.3 Å². The normalized spacial score (nSPS) is 11.4. The van der Waals surface area contributed by atoms with E-state index in [1.807, 2.05) is 0 Å². The maximum atomic E-state index is 12.5. The molecule has 0 spiro atoms. The third kappa shape index (κ3) is 3.51. The van der Waals surface area contributed by atoms with Crippen LogP contribution >= 0.6 is 0 Å². The zero-order valence-electron chi connectivity index (χ0n) is 6.81. The molecule has 0 bridgehead atoms. The van der Waals surface area contributed by atoms with Crippen LogP contribution in [0.1, 0.15) is 0 Å². The lowest BCUT2D eigenvalue weighted by Gasteiger charge is -2.09. The van der Waals surface area contributed by atoms with Gasteiger partial charge in [-0.1, -0.05) is 0 Å². The molecule has 1 aromatic rings. The van der Waals surface area contributed by atoms with Crippen LogP contribution in [-0.2, 0) is 0 Å². The highest BCUT2D eigenvalue weighted by Crippen LogP contribution is 2.23. The van der Waals surface area contributed by atoms with E-state index in [0.717, 1.165) is 18.2 Å². The van der Waals surface area contributed by atoms with Gasteiger partial charge in [0.1, 0.15) is 17.3 Å². The van der Waals surface area contributed by atoms with Crippen molar-refractivity contribution in [1.29, 1.82) is 0 Å². The third-order valence-electron chi connectivity index (χ3n) is 1.26.